The van der Waals surface area contributed by atoms with Gasteiger partial charge in [0.1, 0.15) is 5.84 Å². The third-order valence-electron chi connectivity index (χ3n) is 3.79. The summed E-state index contributed by atoms with van der Waals surface area (Å²) in [4.78, 5) is 16.5. The van der Waals surface area contributed by atoms with Gasteiger partial charge in [-0.15, -0.1) is 8.78 Å². The second-order valence-corrected chi connectivity index (χ2v) is 5.65. The van der Waals surface area contributed by atoms with E-state index in [0.717, 1.165) is 5.56 Å². The summed E-state index contributed by atoms with van der Waals surface area (Å²) in [6.45, 7) is 1.94. The maximum absolute atomic E-state index is 13.0. The maximum atomic E-state index is 13.0. The molecule has 4 rings (SSSR count). The van der Waals surface area contributed by atoms with Crippen molar-refractivity contribution >= 4 is 17.4 Å². The Morgan fingerprint density at radius 3 is 2.54 bits per heavy atom. The van der Waals surface area contributed by atoms with Gasteiger partial charge in [0, 0.05) is 18.1 Å². The third-order valence-corrected chi connectivity index (χ3v) is 3.79. The molecule has 0 aliphatic carbocycles. The molecule has 0 fully saturated rings. The van der Waals surface area contributed by atoms with Gasteiger partial charge in [-0.25, -0.2) is 4.99 Å². The van der Waals surface area contributed by atoms with E-state index in [9.17, 15) is 13.6 Å². The zero-order chi connectivity index (χ0) is 16.9. The molecule has 5 nitrogen and oxygen atoms in total. The van der Waals surface area contributed by atoms with Crippen LogP contribution in [0.15, 0.2) is 41.4 Å². The number of ether oxygens (including phenoxy) is 2. The van der Waals surface area contributed by atoms with E-state index in [1.54, 1.807) is 12.1 Å². The molecule has 0 radical (unpaired) electrons. The van der Waals surface area contributed by atoms with Gasteiger partial charge in [-0.1, -0.05) is 17.7 Å². The van der Waals surface area contributed by atoms with Crippen LogP contribution in [-0.2, 0) is 6.42 Å². The number of hydrogen-bond acceptors (Lipinski definition) is 4. The Bertz CT molecular complexity index is 876. The number of carbonyl (C=O) groups excluding carboxylic acids is 1. The first kappa shape index (κ1) is 14.6. The van der Waals surface area contributed by atoms with Gasteiger partial charge in [-0.05, 0) is 30.7 Å². The van der Waals surface area contributed by atoms with E-state index in [4.69, 9.17) is 0 Å². The number of aliphatic imine (C=N–C) groups is 1. The quantitative estimate of drug-likeness (QED) is 0.872. The van der Waals surface area contributed by atoms with E-state index in [-0.39, 0.29) is 17.4 Å². The predicted molar refractivity (Wildman–Crippen MR) is 82.1 cm³/mol. The van der Waals surface area contributed by atoms with Crippen LogP contribution in [0.1, 0.15) is 21.5 Å². The highest BCUT2D eigenvalue weighted by molar-refractivity contribution is 6.09. The third kappa shape index (κ3) is 2.58. The van der Waals surface area contributed by atoms with Gasteiger partial charge >= 0.3 is 6.29 Å². The number of alkyl halides is 2. The van der Waals surface area contributed by atoms with Crippen LogP contribution in [0.2, 0.25) is 0 Å². The highest BCUT2D eigenvalue weighted by atomic mass is 19.3. The fourth-order valence-electron chi connectivity index (χ4n) is 2.62. The molecular formula is C17H12F2N2O3. The van der Waals surface area contributed by atoms with E-state index in [1.165, 1.54) is 12.1 Å². The number of nitrogens with zero attached hydrogens (tertiary/aromatic N) is 1. The molecule has 2 heterocycles. The van der Waals surface area contributed by atoms with E-state index >= 15 is 0 Å². The van der Waals surface area contributed by atoms with E-state index in [1.807, 2.05) is 19.1 Å². The van der Waals surface area contributed by atoms with Gasteiger partial charge in [-0.3, -0.25) is 4.79 Å². The molecule has 0 unspecified atom stereocenters. The summed E-state index contributed by atoms with van der Waals surface area (Å²) in [6, 6.07) is 9.99. The van der Waals surface area contributed by atoms with E-state index in [0.29, 0.717) is 29.1 Å². The second-order valence-electron chi connectivity index (χ2n) is 5.65. The number of fused-ring (bicyclic) bond motifs is 2. The number of nitrogens with one attached hydrogen (secondary N) is 1. The number of halogens is 2. The number of benzene rings is 2. The van der Waals surface area contributed by atoms with Crippen LogP contribution in [0.25, 0.3) is 0 Å². The minimum atomic E-state index is -3.65. The van der Waals surface area contributed by atoms with Crippen LogP contribution in [0.3, 0.4) is 0 Å². The molecule has 0 spiro atoms. The normalized spacial score (nSPS) is 16.5. The highest BCUT2D eigenvalue weighted by Crippen LogP contribution is 2.45. The summed E-state index contributed by atoms with van der Waals surface area (Å²) in [7, 11) is 0. The fourth-order valence-corrected chi connectivity index (χ4v) is 2.62. The summed E-state index contributed by atoms with van der Waals surface area (Å²) in [5.41, 5.74) is 2.75. The van der Waals surface area contributed by atoms with Gasteiger partial charge in [0.05, 0.1) is 5.69 Å². The average Bonchev–Trinajstić information content (AvgIpc) is 3.01. The van der Waals surface area contributed by atoms with Crippen molar-refractivity contribution < 1.29 is 23.0 Å². The van der Waals surface area contributed by atoms with Crippen molar-refractivity contribution in [1.29, 1.82) is 0 Å². The molecular weight excluding hydrogens is 318 g/mol. The summed E-state index contributed by atoms with van der Waals surface area (Å²) >= 11 is 0. The first-order chi connectivity index (χ1) is 11.4. The van der Waals surface area contributed by atoms with Crippen LogP contribution in [0.5, 0.6) is 11.5 Å². The van der Waals surface area contributed by atoms with Gasteiger partial charge in [0.2, 0.25) is 0 Å². The number of aryl methyl sites for hydroxylation is 1. The van der Waals surface area contributed by atoms with Gasteiger partial charge in [0.25, 0.3) is 5.91 Å². The van der Waals surface area contributed by atoms with Crippen molar-refractivity contribution in [1.82, 2.24) is 5.32 Å². The van der Waals surface area contributed by atoms with Crippen LogP contribution in [-0.4, -0.2) is 18.0 Å². The molecule has 122 valence electrons. The lowest BCUT2D eigenvalue weighted by Crippen LogP contribution is -2.30. The predicted octanol–water partition coefficient (Wildman–Crippen LogP) is 3.33. The Morgan fingerprint density at radius 1 is 1.17 bits per heavy atom. The average molecular weight is 330 g/mol. The SMILES string of the molecule is Cc1ccc(C(=O)NC2=Nc3cc4c(cc3C2)OC(F)(F)O4)cc1. The first-order valence-electron chi connectivity index (χ1n) is 7.28. The summed E-state index contributed by atoms with van der Waals surface area (Å²) in [6.07, 6.45) is -3.32. The lowest BCUT2D eigenvalue weighted by molar-refractivity contribution is -0.286. The standard InChI is InChI=1S/C17H12F2N2O3/c1-9-2-4-10(5-3-9)16(22)21-15-7-11-6-13-14(8-12(11)20-15)24-17(18,19)23-13/h2-6,8H,7H2,1H3,(H,20,21,22). The van der Waals surface area contributed by atoms with Gasteiger partial charge in [-0.2, -0.15) is 0 Å². The minimum Gasteiger partial charge on any atom is -0.395 e. The highest BCUT2D eigenvalue weighted by Gasteiger charge is 2.44. The monoisotopic (exact) mass is 330 g/mol. The van der Waals surface area contributed by atoms with Gasteiger partial charge < -0.3 is 14.8 Å². The lowest BCUT2D eigenvalue weighted by Gasteiger charge is -2.05. The smallest absolute Gasteiger partial charge is 0.395 e. The number of hydrogen-bond donors (Lipinski definition) is 1. The summed E-state index contributed by atoms with van der Waals surface area (Å²) in [5.74, 6) is 0.0906. The fraction of sp³-hybridized carbons (Fsp3) is 0.176. The molecule has 0 atom stereocenters. The van der Waals surface area contributed by atoms with E-state index in [2.05, 4.69) is 19.8 Å². The molecule has 0 saturated heterocycles. The van der Waals surface area contributed by atoms with Crippen molar-refractivity contribution in [3.05, 3.63) is 53.1 Å². The Morgan fingerprint density at radius 2 is 1.83 bits per heavy atom. The van der Waals surface area contributed by atoms with Crippen molar-refractivity contribution in [2.75, 3.05) is 0 Å². The Kier molecular flexibility index (Phi) is 3.06. The van der Waals surface area contributed by atoms with Crippen LogP contribution in [0.4, 0.5) is 14.5 Å². The molecule has 0 bridgehead atoms. The Hall–Kier alpha value is -2.96. The van der Waals surface area contributed by atoms with Gasteiger partial charge in [0.15, 0.2) is 11.5 Å². The molecule has 1 amide bonds. The summed E-state index contributed by atoms with van der Waals surface area (Å²) in [5, 5.41) is 2.73. The van der Waals surface area contributed by atoms with Crippen molar-refractivity contribution in [3.63, 3.8) is 0 Å². The molecule has 7 heteroatoms. The molecule has 0 aromatic heterocycles. The number of amides is 1. The molecule has 1 N–H and O–H groups in total. The molecule has 2 aliphatic heterocycles. The number of carbonyl (C=O) groups is 1. The zero-order valence-corrected chi connectivity index (χ0v) is 12.6. The van der Waals surface area contributed by atoms with Crippen molar-refractivity contribution in [2.45, 2.75) is 19.6 Å². The van der Waals surface area contributed by atoms with Crippen LogP contribution < -0.4 is 14.8 Å². The van der Waals surface area contributed by atoms with Crippen LogP contribution >= 0.6 is 0 Å². The topological polar surface area (TPSA) is 59.9 Å². The van der Waals surface area contributed by atoms with Crippen LogP contribution in [0, 0.1) is 6.92 Å². The van der Waals surface area contributed by atoms with Crippen molar-refractivity contribution in [2.24, 2.45) is 4.99 Å². The Labute approximate surface area is 135 Å². The number of amidine groups is 1. The zero-order valence-electron chi connectivity index (χ0n) is 12.6. The minimum absolute atomic E-state index is 0.0277. The lowest BCUT2D eigenvalue weighted by atomic mass is 10.1. The summed E-state index contributed by atoms with van der Waals surface area (Å²) < 4.78 is 34.9. The largest absolute Gasteiger partial charge is 0.586 e. The van der Waals surface area contributed by atoms with E-state index < -0.39 is 6.29 Å². The molecule has 2 aromatic rings. The molecule has 24 heavy (non-hydrogen) atoms. The first-order valence-corrected chi connectivity index (χ1v) is 7.28. The number of rotatable bonds is 1. The van der Waals surface area contributed by atoms with Crippen molar-refractivity contribution in [3.8, 4) is 11.5 Å². The molecule has 2 aromatic carbocycles. The Balaban J connectivity index is 1.52. The molecule has 2 aliphatic rings. The molecule has 0 saturated carbocycles. The maximum Gasteiger partial charge on any atom is 0.586 e. The second kappa shape index (κ2) is 5.02.